The van der Waals surface area contributed by atoms with Gasteiger partial charge in [0.15, 0.2) is 0 Å². The van der Waals surface area contributed by atoms with E-state index in [1.807, 2.05) is 37.3 Å². The molecule has 5 rings (SSSR count). The maximum Gasteiger partial charge on any atom is 0.241 e. The Kier molecular flexibility index (Phi) is 6.49. The van der Waals surface area contributed by atoms with E-state index < -0.39 is 10.0 Å². The van der Waals surface area contributed by atoms with Gasteiger partial charge in [0.1, 0.15) is 11.8 Å². The highest BCUT2D eigenvalue weighted by Gasteiger charge is 2.41. The molecule has 2 aliphatic rings. The number of benzene rings is 2. The van der Waals surface area contributed by atoms with Crippen molar-refractivity contribution in [3.8, 4) is 11.8 Å². The first-order chi connectivity index (χ1) is 16.9. The molecule has 0 saturated carbocycles. The number of pyridine rings is 1. The van der Waals surface area contributed by atoms with Crippen LogP contribution in [0.5, 0.6) is 5.75 Å². The number of hydrogen-bond donors (Lipinski definition) is 1. The van der Waals surface area contributed by atoms with Crippen LogP contribution in [-0.2, 0) is 16.4 Å². The second-order valence-corrected chi connectivity index (χ2v) is 11.3. The lowest BCUT2D eigenvalue weighted by Crippen LogP contribution is -2.50. The summed E-state index contributed by atoms with van der Waals surface area (Å²) in [5.74, 6) is 0.748. The van der Waals surface area contributed by atoms with Crippen LogP contribution in [0.3, 0.4) is 0 Å². The van der Waals surface area contributed by atoms with Crippen molar-refractivity contribution in [2.24, 2.45) is 0 Å². The van der Waals surface area contributed by atoms with Gasteiger partial charge >= 0.3 is 0 Å². The van der Waals surface area contributed by atoms with Gasteiger partial charge in [0.05, 0.1) is 23.1 Å². The monoisotopic (exact) mass is 490 g/mol. The van der Waals surface area contributed by atoms with Gasteiger partial charge in [0.2, 0.25) is 10.0 Å². The quantitative estimate of drug-likeness (QED) is 0.539. The number of nitrogens with one attached hydrogen (secondary N) is 1. The van der Waals surface area contributed by atoms with Crippen molar-refractivity contribution in [3.05, 3.63) is 65.4 Å². The van der Waals surface area contributed by atoms with Crippen molar-refractivity contribution in [1.29, 1.82) is 5.26 Å². The number of fused-ring (bicyclic) bond motifs is 3. The van der Waals surface area contributed by atoms with E-state index in [1.165, 1.54) is 0 Å². The Hall–Kier alpha value is -2.99. The number of sulfonamides is 1. The van der Waals surface area contributed by atoms with Gasteiger partial charge in [-0.05, 0) is 74.4 Å². The van der Waals surface area contributed by atoms with Crippen molar-refractivity contribution in [1.82, 2.24) is 14.6 Å². The number of methoxy groups -OCH3 is 1. The van der Waals surface area contributed by atoms with Crippen molar-refractivity contribution in [3.63, 3.8) is 0 Å². The van der Waals surface area contributed by atoms with E-state index in [9.17, 15) is 13.7 Å². The summed E-state index contributed by atoms with van der Waals surface area (Å²) >= 11 is 0. The number of hydrogen-bond acceptors (Lipinski definition) is 6. The zero-order valence-corrected chi connectivity index (χ0v) is 20.9. The first kappa shape index (κ1) is 23.7. The summed E-state index contributed by atoms with van der Waals surface area (Å²) in [6.45, 7) is 2.66. The minimum absolute atomic E-state index is 0.0611. The Bertz CT molecular complexity index is 1390. The number of ether oxygens (including phenoxy) is 1. The zero-order valence-electron chi connectivity index (χ0n) is 20.1. The second-order valence-electron chi connectivity index (χ2n) is 9.57. The van der Waals surface area contributed by atoms with Gasteiger partial charge in [-0.3, -0.25) is 9.88 Å². The van der Waals surface area contributed by atoms with Crippen molar-refractivity contribution in [2.75, 3.05) is 13.7 Å². The Morgan fingerprint density at radius 1 is 1.17 bits per heavy atom. The van der Waals surface area contributed by atoms with E-state index in [0.29, 0.717) is 22.5 Å². The minimum atomic E-state index is -3.55. The van der Waals surface area contributed by atoms with Crippen LogP contribution in [0.15, 0.2) is 53.6 Å². The third-order valence-corrected chi connectivity index (χ3v) is 9.20. The third-order valence-electron chi connectivity index (χ3n) is 7.52. The first-order valence-corrected chi connectivity index (χ1v) is 13.6. The van der Waals surface area contributed by atoms with Crippen molar-refractivity contribution >= 4 is 20.9 Å². The highest BCUT2D eigenvalue weighted by molar-refractivity contribution is 7.89. The summed E-state index contributed by atoms with van der Waals surface area (Å²) in [5.41, 5.74) is 3.21. The molecule has 0 aliphatic carbocycles. The third kappa shape index (κ3) is 4.64. The molecule has 1 N–H and O–H groups in total. The van der Waals surface area contributed by atoms with Crippen molar-refractivity contribution in [2.45, 2.75) is 62.0 Å². The van der Waals surface area contributed by atoms with E-state index in [1.54, 1.807) is 25.4 Å². The standard InChI is InChI=1S/C27H30N4O3S/c1-18-5-3-4-6-27(18)35(32,33)30-20-13-21-7-8-22(14-20)31(21)12-11-24-19(16-28)17-29-26-10-9-23(34-2)15-25(24)26/h3-6,9-10,15,17,20-22,30H,7-8,11-14H2,1-2H3. The number of rotatable bonds is 7. The molecule has 8 heteroatoms. The minimum Gasteiger partial charge on any atom is -0.497 e. The van der Waals surface area contributed by atoms with Gasteiger partial charge in [-0.1, -0.05) is 18.2 Å². The van der Waals surface area contributed by atoms with Gasteiger partial charge in [-0.25, -0.2) is 13.1 Å². The number of aryl methyl sites for hydroxylation is 1. The Morgan fingerprint density at radius 2 is 1.91 bits per heavy atom. The number of nitrogens with zero attached hydrogens (tertiary/aromatic N) is 3. The lowest BCUT2D eigenvalue weighted by molar-refractivity contribution is 0.125. The molecule has 0 radical (unpaired) electrons. The second kappa shape index (κ2) is 9.57. The van der Waals surface area contributed by atoms with Gasteiger partial charge in [0, 0.05) is 36.3 Å². The summed E-state index contributed by atoms with van der Waals surface area (Å²) in [6, 6.07) is 15.8. The summed E-state index contributed by atoms with van der Waals surface area (Å²) in [5, 5.41) is 10.7. The molecule has 0 amide bonds. The van der Waals surface area contributed by atoms with Crippen LogP contribution in [0.2, 0.25) is 0 Å². The molecule has 2 aromatic carbocycles. The van der Waals surface area contributed by atoms with Gasteiger partial charge < -0.3 is 4.74 Å². The predicted octanol–water partition coefficient (Wildman–Crippen LogP) is 3.94. The average Bonchev–Trinajstić information content (AvgIpc) is 3.09. The fourth-order valence-electron chi connectivity index (χ4n) is 5.84. The fraction of sp³-hybridized carbons (Fsp3) is 0.407. The van der Waals surface area contributed by atoms with E-state index in [4.69, 9.17) is 4.74 Å². The molecule has 0 spiro atoms. The molecule has 2 bridgehead atoms. The van der Waals surface area contributed by atoms with Gasteiger partial charge in [-0.2, -0.15) is 5.26 Å². The molecule has 3 aromatic rings. The largest absolute Gasteiger partial charge is 0.497 e. The predicted molar refractivity (Wildman–Crippen MR) is 135 cm³/mol. The summed E-state index contributed by atoms with van der Waals surface area (Å²) in [7, 11) is -1.91. The fourth-order valence-corrected chi connectivity index (χ4v) is 7.34. The molecule has 1 aromatic heterocycles. The van der Waals surface area contributed by atoms with Gasteiger partial charge in [0.25, 0.3) is 0 Å². The lowest BCUT2D eigenvalue weighted by Gasteiger charge is -2.39. The molecule has 2 aliphatic heterocycles. The number of nitriles is 1. The summed E-state index contributed by atoms with van der Waals surface area (Å²) in [4.78, 5) is 7.32. The van der Waals surface area contributed by atoms with Gasteiger partial charge in [-0.15, -0.1) is 0 Å². The number of aromatic nitrogens is 1. The SMILES string of the molecule is COc1ccc2ncc(C#N)c(CCN3C4CCC3CC(NS(=O)(=O)c3ccccc3C)C4)c2c1. The maximum absolute atomic E-state index is 13.0. The van der Waals surface area contributed by atoms with E-state index in [-0.39, 0.29) is 6.04 Å². The Balaban J connectivity index is 1.31. The summed E-state index contributed by atoms with van der Waals surface area (Å²) in [6.07, 6.45) is 6.15. The molecule has 182 valence electrons. The molecule has 2 fully saturated rings. The van der Waals surface area contributed by atoms with Crippen LogP contribution in [0.4, 0.5) is 0 Å². The smallest absolute Gasteiger partial charge is 0.241 e. The topological polar surface area (TPSA) is 95.3 Å². The van der Waals surface area contributed by atoms with Crippen LogP contribution in [0, 0.1) is 18.3 Å². The summed E-state index contributed by atoms with van der Waals surface area (Å²) < 4.78 is 34.4. The molecule has 2 saturated heterocycles. The first-order valence-electron chi connectivity index (χ1n) is 12.1. The van der Waals surface area contributed by atoms with Crippen LogP contribution in [0.25, 0.3) is 10.9 Å². The van der Waals surface area contributed by atoms with Crippen LogP contribution in [0.1, 0.15) is 42.4 Å². The molecule has 2 unspecified atom stereocenters. The Morgan fingerprint density at radius 3 is 2.60 bits per heavy atom. The molecule has 2 atom stereocenters. The van der Waals surface area contributed by atoms with Crippen LogP contribution >= 0.6 is 0 Å². The highest BCUT2D eigenvalue weighted by atomic mass is 32.2. The molecule has 7 nitrogen and oxygen atoms in total. The highest BCUT2D eigenvalue weighted by Crippen LogP contribution is 2.37. The number of piperidine rings is 1. The molecular formula is C27H30N4O3S. The van der Waals surface area contributed by atoms with Crippen LogP contribution < -0.4 is 9.46 Å². The van der Waals surface area contributed by atoms with Crippen molar-refractivity contribution < 1.29 is 13.2 Å². The molecule has 3 heterocycles. The zero-order chi connectivity index (χ0) is 24.6. The normalized spacial score (nSPS) is 22.3. The van der Waals surface area contributed by atoms with E-state index in [2.05, 4.69) is 20.7 Å². The molecular weight excluding hydrogens is 460 g/mol. The molecule has 35 heavy (non-hydrogen) atoms. The van der Waals surface area contributed by atoms with E-state index >= 15 is 0 Å². The average molecular weight is 491 g/mol. The van der Waals surface area contributed by atoms with E-state index in [0.717, 1.165) is 66.4 Å². The maximum atomic E-state index is 13.0. The Labute approximate surface area is 206 Å². The lowest BCUT2D eigenvalue weighted by atomic mass is 9.96. The van der Waals surface area contributed by atoms with Crippen LogP contribution in [-0.4, -0.2) is 50.1 Å².